The van der Waals surface area contributed by atoms with Gasteiger partial charge < -0.3 is 15.0 Å². The van der Waals surface area contributed by atoms with Crippen LogP contribution in [0.1, 0.15) is 31.2 Å². The number of hydrogen-bond acceptors (Lipinski definition) is 5. The molecular formula is C19H23N3O5. The van der Waals surface area contributed by atoms with Gasteiger partial charge in [-0.05, 0) is 18.4 Å². The van der Waals surface area contributed by atoms with Crippen molar-refractivity contribution >= 4 is 23.8 Å². The Morgan fingerprint density at radius 3 is 2.52 bits per heavy atom. The monoisotopic (exact) mass is 373 g/mol. The van der Waals surface area contributed by atoms with E-state index in [0.29, 0.717) is 19.4 Å². The highest BCUT2D eigenvalue weighted by molar-refractivity contribution is 6.08. The molecule has 1 spiro atoms. The van der Waals surface area contributed by atoms with E-state index in [1.807, 2.05) is 30.3 Å². The number of imide groups is 1. The first-order valence-electron chi connectivity index (χ1n) is 8.99. The van der Waals surface area contributed by atoms with Crippen LogP contribution < -0.4 is 5.32 Å². The zero-order valence-corrected chi connectivity index (χ0v) is 15.3. The van der Waals surface area contributed by atoms with Crippen LogP contribution in [0.15, 0.2) is 30.3 Å². The molecule has 0 aromatic heterocycles. The predicted octanol–water partition coefficient (Wildman–Crippen LogP) is 1.05. The Kier molecular flexibility index (Phi) is 5.43. The van der Waals surface area contributed by atoms with Crippen molar-refractivity contribution in [1.29, 1.82) is 0 Å². The molecule has 1 aromatic rings. The maximum Gasteiger partial charge on any atom is 0.326 e. The largest absolute Gasteiger partial charge is 0.454 e. The molecule has 1 aliphatic heterocycles. The summed E-state index contributed by atoms with van der Waals surface area (Å²) in [5.41, 5.74) is 0.101. The summed E-state index contributed by atoms with van der Waals surface area (Å²) in [5.74, 6) is -1.53. The summed E-state index contributed by atoms with van der Waals surface area (Å²) in [5, 5.41) is 2.70. The zero-order chi connectivity index (χ0) is 19.4. The van der Waals surface area contributed by atoms with Crippen LogP contribution in [-0.4, -0.2) is 59.4 Å². The van der Waals surface area contributed by atoms with Crippen molar-refractivity contribution in [2.45, 2.75) is 37.8 Å². The molecular weight excluding hydrogens is 350 g/mol. The maximum absolute atomic E-state index is 12.5. The number of rotatable bonds is 6. The first-order chi connectivity index (χ1) is 12.9. The lowest BCUT2D eigenvalue weighted by atomic mass is 9.98. The van der Waals surface area contributed by atoms with E-state index in [9.17, 15) is 19.2 Å². The Morgan fingerprint density at radius 2 is 1.85 bits per heavy atom. The summed E-state index contributed by atoms with van der Waals surface area (Å²) in [6.45, 7) is -0.522. The molecule has 0 unspecified atom stereocenters. The first kappa shape index (κ1) is 18.9. The molecule has 0 radical (unpaired) electrons. The second-order valence-corrected chi connectivity index (χ2v) is 7.01. The van der Waals surface area contributed by atoms with Gasteiger partial charge in [0.15, 0.2) is 6.61 Å². The van der Waals surface area contributed by atoms with Crippen molar-refractivity contribution in [3.63, 3.8) is 0 Å². The Labute approximate surface area is 157 Å². The van der Waals surface area contributed by atoms with E-state index in [1.54, 1.807) is 7.05 Å². The van der Waals surface area contributed by atoms with Crippen LogP contribution in [0.25, 0.3) is 0 Å². The third-order valence-corrected chi connectivity index (χ3v) is 5.04. The topological polar surface area (TPSA) is 96.0 Å². The summed E-state index contributed by atoms with van der Waals surface area (Å²) in [7, 11) is 1.62. The van der Waals surface area contributed by atoms with E-state index in [2.05, 4.69) is 5.32 Å². The highest BCUT2D eigenvalue weighted by atomic mass is 16.5. The number of benzene rings is 1. The number of nitrogens with zero attached hydrogens (tertiary/aromatic N) is 2. The molecule has 2 fully saturated rings. The molecule has 1 aromatic carbocycles. The van der Waals surface area contributed by atoms with Gasteiger partial charge in [0.1, 0.15) is 12.1 Å². The van der Waals surface area contributed by atoms with Crippen molar-refractivity contribution in [2.24, 2.45) is 0 Å². The molecule has 8 heteroatoms. The van der Waals surface area contributed by atoms with Gasteiger partial charge in [-0.1, -0.05) is 43.2 Å². The molecule has 144 valence electrons. The molecule has 8 nitrogen and oxygen atoms in total. The number of amides is 4. The fraction of sp³-hybridized carbons (Fsp3) is 0.474. The fourth-order valence-corrected chi connectivity index (χ4v) is 3.51. The van der Waals surface area contributed by atoms with Crippen molar-refractivity contribution in [1.82, 2.24) is 15.1 Å². The molecule has 1 aliphatic carbocycles. The summed E-state index contributed by atoms with van der Waals surface area (Å²) < 4.78 is 4.97. The van der Waals surface area contributed by atoms with E-state index in [4.69, 9.17) is 4.74 Å². The van der Waals surface area contributed by atoms with Gasteiger partial charge in [-0.2, -0.15) is 0 Å². The summed E-state index contributed by atoms with van der Waals surface area (Å²) >= 11 is 0. The van der Waals surface area contributed by atoms with Crippen LogP contribution in [0, 0.1) is 0 Å². The number of hydrogen-bond donors (Lipinski definition) is 1. The molecule has 1 saturated heterocycles. The molecule has 0 bridgehead atoms. The Bertz CT molecular complexity index is 743. The number of carbonyl (C=O) groups excluding carboxylic acids is 4. The van der Waals surface area contributed by atoms with Crippen LogP contribution in [0.5, 0.6) is 0 Å². The quantitative estimate of drug-likeness (QED) is 0.594. The highest BCUT2D eigenvalue weighted by Gasteiger charge is 2.52. The fourth-order valence-electron chi connectivity index (χ4n) is 3.51. The van der Waals surface area contributed by atoms with Crippen LogP contribution in [0.2, 0.25) is 0 Å². The minimum Gasteiger partial charge on any atom is -0.454 e. The number of ether oxygens (including phenoxy) is 1. The lowest BCUT2D eigenvalue weighted by Crippen LogP contribution is -2.44. The summed E-state index contributed by atoms with van der Waals surface area (Å²) in [6.07, 6.45) is 2.91. The SMILES string of the molecule is CN(Cc1ccccc1)C(=O)COC(=O)CN1C(=O)NC2(CCCC2)C1=O. The van der Waals surface area contributed by atoms with Gasteiger partial charge in [0.05, 0.1) is 0 Å². The van der Waals surface area contributed by atoms with Crippen LogP contribution in [-0.2, 0) is 25.7 Å². The van der Waals surface area contributed by atoms with Crippen molar-refractivity contribution in [3.8, 4) is 0 Å². The van der Waals surface area contributed by atoms with Gasteiger partial charge in [0.25, 0.3) is 11.8 Å². The van der Waals surface area contributed by atoms with Gasteiger partial charge >= 0.3 is 12.0 Å². The first-order valence-corrected chi connectivity index (χ1v) is 8.99. The number of esters is 1. The normalized spacial score (nSPS) is 17.9. The summed E-state index contributed by atoms with van der Waals surface area (Å²) in [4.78, 5) is 51.0. The van der Waals surface area contributed by atoms with Crippen molar-refractivity contribution in [3.05, 3.63) is 35.9 Å². The van der Waals surface area contributed by atoms with Gasteiger partial charge in [0, 0.05) is 13.6 Å². The Morgan fingerprint density at radius 1 is 1.19 bits per heavy atom. The van der Waals surface area contributed by atoms with Gasteiger partial charge in [-0.25, -0.2) is 4.79 Å². The predicted molar refractivity (Wildman–Crippen MR) is 95.3 cm³/mol. The molecule has 4 amide bonds. The average molecular weight is 373 g/mol. The summed E-state index contributed by atoms with van der Waals surface area (Å²) in [6, 6.07) is 8.86. The van der Waals surface area contributed by atoms with Crippen molar-refractivity contribution < 1.29 is 23.9 Å². The van der Waals surface area contributed by atoms with Gasteiger partial charge in [-0.15, -0.1) is 0 Å². The van der Waals surface area contributed by atoms with E-state index in [0.717, 1.165) is 23.3 Å². The third kappa shape index (κ3) is 4.10. The number of urea groups is 1. The van der Waals surface area contributed by atoms with E-state index >= 15 is 0 Å². The van der Waals surface area contributed by atoms with Crippen LogP contribution >= 0.6 is 0 Å². The second kappa shape index (κ2) is 7.77. The number of nitrogens with one attached hydrogen (secondary N) is 1. The maximum atomic E-state index is 12.5. The standard InChI is InChI=1S/C19H23N3O5/c1-21(11-14-7-3-2-4-8-14)15(23)13-27-16(24)12-22-17(25)19(20-18(22)26)9-5-6-10-19/h2-4,7-8H,5-6,9-13H2,1H3,(H,20,26). The van der Waals surface area contributed by atoms with E-state index in [-0.39, 0.29) is 11.8 Å². The van der Waals surface area contributed by atoms with E-state index < -0.39 is 30.7 Å². The highest BCUT2D eigenvalue weighted by Crippen LogP contribution is 2.34. The third-order valence-electron chi connectivity index (χ3n) is 5.04. The minimum atomic E-state index is -0.858. The Hall–Kier alpha value is -2.90. The van der Waals surface area contributed by atoms with E-state index in [1.165, 1.54) is 4.90 Å². The average Bonchev–Trinajstić information content (AvgIpc) is 3.21. The van der Waals surface area contributed by atoms with Crippen molar-refractivity contribution in [2.75, 3.05) is 20.2 Å². The molecule has 0 atom stereocenters. The second-order valence-electron chi connectivity index (χ2n) is 7.01. The lowest BCUT2D eigenvalue weighted by Gasteiger charge is -2.20. The Balaban J connectivity index is 1.47. The molecule has 1 heterocycles. The number of carbonyl (C=O) groups is 4. The zero-order valence-electron chi connectivity index (χ0n) is 15.3. The number of likely N-dealkylation sites (N-methyl/N-ethyl adjacent to an activating group) is 1. The molecule has 1 N–H and O–H groups in total. The van der Waals surface area contributed by atoms with Gasteiger partial charge in [-0.3, -0.25) is 19.3 Å². The van der Waals surface area contributed by atoms with Crippen LogP contribution in [0.4, 0.5) is 4.79 Å². The minimum absolute atomic E-state index is 0.364. The molecule has 1 saturated carbocycles. The molecule has 3 rings (SSSR count). The smallest absolute Gasteiger partial charge is 0.326 e. The van der Waals surface area contributed by atoms with Gasteiger partial charge in [0.2, 0.25) is 0 Å². The van der Waals surface area contributed by atoms with Crippen LogP contribution in [0.3, 0.4) is 0 Å². The molecule has 2 aliphatic rings. The molecule has 27 heavy (non-hydrogen) atoms. The lowest BCUT2D eigenvalue weighted by molar-refractivity contribution is -0.153.